The lowest BCUT2D eigenvalue weighted by atomic mass is 10.2. The lowest BCUT2D eigenvalue weighted by Gasteiger charge is -2.14. The molecule has 0 atom stereocenters. The lowest BCUT2D eigenvalue weighted by Crippen LogP contribution is -2.15. The van der Waals surface area contributed by atoms with Gasteiger partial charge in [0.1, 0.15) is 5.75 Å². The van der Waals surface area contributed by atoms with Crippen molar-refractivity contribution in [2.45, 2.75) is 62.3 Å². The van der Waals surface area contributed by atoms with Crippen molar-refractivity contribution in [3.63, 3.8) is 0 Å². The second kappa shape index (κ2) is 36.9. The van der Waals surface area contributed by atoms with E-state index in [4.69, 9.17) is 10.5 Å². The Bertz CT molecular complexity index is 5090. The van der Waals surface area contributed by atoms with Gasteiger partial charge < -0.3 is 68.5 Å². The van der Waals surface area contributed by atoms with Gasteiger partial charge in [-0.3, -0.25) is 0 Å². The number of aryl methyl sites for hydroxylation is 9. The van der Waals surface area contributed by atoms with Crippen LogP contribution in [0.3, 0.4) is 0 Å². The van der Waals surface area contributed by atoms with Crippen molar-refractivity contribution < 1.29 is 4.74 Å². The topological polar surface area (TPSA) is 313 Å². The van der Waals surface area contributed by atoms with Gasteiger partial charge in [0.2, 0.25) is 71.4 Å². The Balaban J connectivity index is 0.000000145. The summed E-state index contributed by atoms with van der Waals surface area (Å²) in [5, 5.41) is 32.4. The van der Waals surface area contributed by atoms with Crippen molar-refractivity contribution in [3.05, 3.63) is 293 Å². The highest BCUT2D eigenvalue weighted by Gasteiger charge is 2.14. The Hall–Kier alpha value is -14.4. The normalized spacial score (nSPS) is 10.4. The van der Waals surface area contributed by atoms with E-state index in [1.54, 1.807) is 7.11 Å². The molecule has 25 nitrogen and oxygen atoms in total. The zero-order valence-corrected chi connectivity index (χ0v) is 62.9. The van der Waals surface area contributed by atoms with Crippen molar-refractivity contribution in [3.8, 4) is 5.75 Å². The summed E-state index contributed by atoms with van der Waals surface area (Å²) in [6.45, 7) is 18.4. The highest BCUT2D eigenvalue weighted by Crippen LogP contribution is 2.28. The van der Waals surface area contributed by atoms with E-state index in [0.717, 1.165) is 96.0 Å². The van der Waals surface area contributed by atoms with Crippen LogP contribution < -0.4 is 68.5 Å². The summed E-state index contributed by atoms with van der Waals surface area (Å²) in [6, 6.07) is 79.9. The predicted molar refractivity (Wildman–Crippen MR) is 444 cm³/mol. The summed E-state index contributed by atoms with van der Waals surface area (Å²) in [5.74, 6) is 6.00. The molecule has 0 aliphatic rings. The SMILES string of the molecule is COc1ccc(Nc2nc(Nc3cccc(C)c3)nc(Nc3cccc(C)c3)n2)cc1.Cc1ccc(Nc2nc(Nc3cccc(C)c3)nc(Nc3cccc(C)c3)n2)cc1.Cc1cccc(Nc2nc(N)nc(Nc3cccc(C)c3)n2)c1.Cc1cccc(Nc2nc(Nc3cccc(C)c3)nc(N(C)C)n2)c1. The third-order valence-electron chi connectivity index (χ3n) is 15.8. The molecule has 0 unspecified atom stereocenters. The second-order valence-electron chi connectivity index (χ2n) is 25.9. The van der Waals surface area contributed by atoms with E-state index in [-0.39, 0.29) is 5.95 Å². The van der Waals surface area contributed by atoms with E-state index in [9.17, 15) is 0 Å². The van der Waals surface area contributed by atoms with E-state index >= 15 is 0 Å². The molecule has 0 bridgehead atoms. The van der Waals surface area contributed by atoms with Crippen LogP contribution in [0.4, 0.5) is 128 Å². The molecular formula is C84H88N24O. The fraction of sp³-hybridized carbons (Fsp3) is 0.143. The summed E-state index contributed by atoms with van der Waals surface area (Å²) < 4.78 is 5.22. The zero-order chi connectivity index (χ0) is 76.6. The number of hydrogen-bond donors (Lipinski definition) is 11. The Morgan fingerprint density at radius 2 is 0.422 bits per heavy atom. The van der Waals surface area contributed by atoms with Crippen molar-refractivity contribution >= 4 is 128 Å². The zero-order valence-electron chi connectivity index (χ0n) is 62.9. The third kappa shape index (κ3) is 24.4. The molecule has 0 saturated carbocycles. The minimum Gasteiger partial charge on any atom is -0.497 e. The molecule has 0 spiro atoms. The number of ether oxygens (including phenoxy) is 1. The van der Waals surface area contributed by atoms with Crippen molar-refractivity contribution in [2.24, 2.45) is 0 Å². The number of methoxy groups -OCH3 is 1. The third-order valence-corrected chi connectivity index (χ3v) is 15.8. The van der Waals surface area contributed by atoms with Crippen LogP contribution in [-0.2, 0) is 0 Å². The maximum atomic E-state index is 5.78. The van der Waals surface area contributed by atoms with Gasteiger partial charge in [0, 0.05) is 71.0 Å². The number of benzene rings is 10. The Morgan fingerprint density at radius 3 is 0.624 bits per heavy atom. The maximum Gasteiger partial charge on any atom is 0.233 e. The average molecular weight is 1450 g/mol. The van der Waals surface area contributed by atoms with Gasteiger partial charge in [0.15, 0.2) is 0 Å². The molecule has 0 amide bonds. The number of nitrogens with one attached hydrogen (secondary N) is 10. The molecule has 4 heterocycles. The fourth-order valence-corrected chi connectivity index (χ4v) is 10.7. The standard InChI is InChI=1S/C24H24N6O.C24H24N6.C19H22N6.C17H18N6/c1-16-6-4-8-19(14-16)26-23-28-22(25-18-10-12-21(31-3)13-11-18)29-24(30-23)27-20-9-5-7-17(2)15-20;1-16-10-12-19(13-11-16)25-22-28-23(26-20-8-4-6-17(2)14-20)30-24(29-22)27-21-9-5-7-18(3)15-21;1-13-7-5-9-15(11-13)20-17-22-18(24-19(23-17)25(3)4)21-16-10-6-8-14(2)12-16;1-11-5-3-7-13(9-11)19-16-21-15(18)22-17(23-16)20-14-8-4-6-12(2)10-14/h4-15H,1-3H3,(H3,25,26,27,28,29,30);4-15H,1-3H3,(H3,25,26,27,28,29,30);5-12H,1-4H3,(H2,20,21,22,23,24);3-10H,1-2H3,(H4,18,19,20,21,22,23). The maximum absolute atomic E-state index is 5.78. The Morgan fingerprint density at radius 1 is 0.229 bits per heavy atom. The highest BCUT2D eigenvalue weighted by atomic mass is 16.5. The molecule has 0 saturated heterocycles. The number of aromatic nitrogens is 12. The van der Waals surface area contributed by atoms with Crippen molar-refractivity contribution in [2.75, 3.05) is 85.0 Å². The number of rotatable bonds is 22. The van der Waals surface area contributed by atoms with Crippen LogP contribution >= 0.6 is 0 Å². The van der Waals surface area contributed by atoms with Crippen LogP contribution in [0, 0.1) is 62.3 Å². The number of anilines is 22. The van der Waals surface area contributed by atoms with E-state index in [0.29, 0.717) is 65.4 Å². The molecule has 0 fully saturated rings. The molecule has 0 aliphatic carbocycles. The van der Waals surface area contributed by atoms with Gasteiger partial charge in [-0.2, -0.15) is 59.8 Å². The first-order chi connectivity index (χ1) is 52.7. The van der Waals surface area contributed by atoms with Crippen LogP contribution in [0.15, 0.2) is 243 Å². The van der Waals surface area contributed by atoms with Gasteiger partial charge in [-0.1, -0.05) is 115 Å². The summed E-state index contributed by atoms with van der Waals surface area (Å²) in [4.78, 5) is 55.2. The first kappa shape index (κ1) is 75.8. The van der Waals surface area contributed by atoms with E-state index < -0.39 is 0 Å². The first-order valence-corrected chi connectivity index (χ1v) is 35.1. The van der Waals surface area contributed by atoms with Crippen LogP contribution in [0.25, 0.3) is 0 Å². The molecule has 14 rings (SSSR count). The van der Waals surface area contributed by atoms with Crippen LogP contribution in [0.2, 0.25) is 0 Å². The summed E-state index contributed by atoms with van der Waals surface area (Å²) >= 11 is 0. The molecule has 550 valence electrons. The molecule has 0 aliphatic heterocycles. The Kier molecular flexibility index (Phi) is 25.6. The molecule has 4 aromatic heterocycles. The largest absolute Gasteiger partial charge is 0.497 e. The van der Waals surface area contributed by atoms with E-state index in [2.05, 4.69) is 146 Å². The molecule has 12 N–H and O–H groups in total. The summed E-state index contributed by atoms with van der Waals surface area (Å²) in [7, 11) is 5.45. The molecule has 109 heavy (non-hydrogen) atoms. The highest BCUT2D eigenvalue weighted by molar-refractivity contribution is 5.67. The number of nitrogens with two attached hydrogens (primary N) is 1. The first-order valence-electron chi connectivity index (χ1n) is 35.1. The van der Waals surface area contributed by atoms with Gasteiger partial charge in [-0.25, -0.2) is 0 Å². The van der Waals surface area contributed by atoms with Crippen molar-refractivity contribution in [1.82, 2.24) is 59.8 Å². The minimum atomic E-state index is 0.158. The second-order valence-corrected chi connectivity index (χ2v) is 25.9. The van der Waals surface area contributed by atoms with Gasteiger partial charge in [0.05, 0.1) is 7.11 Å². The average Bonchev–Trinajstić information content (AvgIpc) is 0.854. The van der Waals surface area contributed by atoms with Gasteiger partial charge in [-0.05, 0) is 240 Å². The van der Waals surface area contributed by atoms with Crippen LogP contribution in [0.5, 0.6) is 5.75 Å². The quantitative estimate of drug-likeness (QED) is 0.0300. The van der Waals surface area contributed by atoms with Gasteiger partial charge in [-0.15, -0.1) is 0 Å². The predicted octanol–water partition coefficient (Wildman–Crippen LogP) is 19.4. The van der Waals surface area contributed by atoms with E-state index in [1.807, 2.05) is 291 Å². The molecule has 10 aromatic carbocycles. The monoisotopic (exact) mass is 1450 g/mol. The number of nitrogen functional groups attached to an aromatic ring is 1. The van der Waals surface area contributed by atoms with Gasteiger partial charge >= 0.3 is 0 Å². The summed E-state index contributed by atoms with van der Waals surface area (Å²) in [5.41, 5.74) is 25.3. The van der Waals surface area contributed by atoms with E-state index in [1.165, 1.54) is 16.7 Å². The Labute approximate surface area is 635 Å². The minimum absolute atomic E-state index is 0.158. The lowest BCUT2D eigenvalue weighted by molar-refractivity contribution is 0.415. The van der Waals surface area contributed by atoms with Crippen molar-refractivity contribution in [1.29, 1.82) is 0 Å². The number of nitrogens with zero attached hydrogens (tertiary/aromatic N) is 13. The molecular weight excluding hydrogens is 1360 g/mol. The van der Waals surface area contributed by atoms with Gasteiger partial charge in [0.25, 0.3) is 0 Å². The molecule has 14 aromatic rings. The fourth-order valence-electron chi connectivity index (χ4n) is 10.7. The summed E-state index contributed by atoms with van der Waals surface area (Å²) in [6.07, 6.45) is 0. The molecule has 0 radical (unpaired) electrons. The smallest absolute Gasteiger partial charge is 0.233 e. The van der Waals surface area contributed by atoms with Crippen LogP contribution in [-0.4, -0.2) is 81.0 Å². The van der Waals surface area contributed by atoms with Crippen LogP contribution in [0.1, 0.15) is 50.1 Å². The molecule has 25 heteroatoms. The number of hydrogen-bond acceptors (Lipinski definition) is 25.